The number of carbonyl (C=O) groups is 1. The molecule has 9 nitrogen and oxygen atoms in total. The molecule has 0 bridgehead atoms. The van der Waals surface area contributed by atoms with Crippen molar-refractivity contribution in [3.8, 4) is 5.69 Å². The minimum Gasteiger partial charge on any atom is -0.345 e. The Bertz CT molecular complexity index is 1620. The van der Waals surface area contributed by atoms with Gasteiger partial charge in [0, 0.05) is 22.7 Å². The predicted octanol–water partition coefficient (Wildman–Crippen LogP) is 3.21. The molecular weight excluding hydrogens is 428 g/mol. The maximum Gasteiger partial charge on any atom is 0.229 e. The molecule has 0 atom stereocenters. The first-order chi connectivity index (χ1) is 15.3. The highest BCUT2D eigenvalue weighted by Crippen LogP contribution is 2.27. The number of fused-ring (bicyclic) bond motifs is 2. The molecule has 0 amide bonds. The van der Waals surface area contributed by atoms with Crippen LogP contribution in [0.25, 0.3) is 27.8 Å². The van der Waals surface area contributed by atoms with Crippen LogP contribution in [0.3, 0.4) is 0 Å². The third kappa shape index (κ3) is 3.40. The highest BCUT2D eigenvalue weighted by molar-refractivity contribution is 7.92. The summed E-state index contributed by atoms with van der Waals surface area (Å²) in [4.78, 5) is 20.9. The molecule has 3 heterocycles. The van der Waals surface area contributed by atoms with Gasteiger partial charge in [-0.25, -0.2) is 18.1 Å². The summed E-state index contributed by atoms with van der Waals surface area (Å²) in [5.74, 6) is -0.242. The van der Waals surface area contributed by atoms with Gasteiger partial charge in [0.15, 0.2) is 5.78 Å². The highest BCUT2D eigenvalue weighted by Gasteiger charge is 2.20. The first-order valence-corrected chi connectivity index (χ1v) is 11.6. The lowest BCUT2D eigenvalue weighted by Gasteiger charge is -2.11. The lowest BCUT2D eigenvalue weighted by Crippen LogP contribution is -2.12. The molecule has 3 aromatic heterocycles. The van der Waals surface area contributed by atoms with Gasteiger partial charge >= 0.3 is 0 Å². The van der Waals surface area contributed by atoms with Crippen molar-refractivity contribution < 1.29 is 13.2 Å². The molecule has 0 unspecified atom stereocenters. The quantitative estimate of drug-likeness (QED) is 0.400. The van der Waals surface area contributed by atoms with E-state index in [1.54, 1.807) is 42.2 Å². The summed E-state index contributed by atoms with van der Waals surface area (Å²) in [5, 5.41) is 9.02. The van der Waals surface area contributed by atoms with Gasteiger partial charge in [0.25, 0.3) is 0 Å². The first-order valence-electron chi connectivity index (χ1n) is 9.72. The van der Waals surface area contributed by atoms with Crippen LogP contribution in [-0.4, -0.2) is 45.4 Å². The van der Waals surface area contributed by atoms with Gasteiger partial charge in [-0.2, -0.15) is 0 Å². The Hall–Kier alpha value is -4.05. The fourth-order valence-corrected chi connectivity index (χ4v) is 4.31. The number of sulfonamides is 1. The second-order valence-electron chi connectivity index (χ2n) is 7.46. The Kier molecular flexibility index (Phi) is 4.52. The zero-order chi connectivity index (χ0) is 22.5. The maximum atomic E-state index is 13.4. The fraction of sp³-hybridized carbons (Fsp3) is 0.0909. The zero-order valence-electron chi connectivity index (χ0n) is 17.2. The molecule has 2 N–H and O–H groups in total. The molecule has 0 aliphatic rings. The van der Waals surface area contributed by atoms with Crippen molar-refractivity contribution >= 4 is 43.6 Å². The molecule has 5 aromatic rings. The fourth-order valence-electron chi connectivity index (χ4n) is 3.69. The smallest absolute Gasteiger partial charge is 0.229 e. The SMILES string of the molecule is Cc1c(NS(C)(=O)=O)cccc1C(=O)c1c[nH]c2ncc(-n3nnc4ccccc43)cc12. The monoisotopic (exact) mass is 446 g/mol. The Morgan fingerprint density at radius 1 is 1.09 bits per heavy atom. The number of hydrogen-bond acceptors (Lipinski definition) is 6. The molecule has 0 radical (unpaired) electrons. The number of nitrogens with zero attached hydrogens (tertiary/aromatic N) is 4. The van der Waals surface area contributed by atoms with Gasteiger partial charge in [0.1, 0.15) is 11.2 Å². The number of nitrogens with one attached hydrogen (secondary N) is 2. The summed E-state index contributed by atoms with van der Waals surface area (Å²) in [6, 6.07) is 14.3. The lowest BCUT2D eigenvalue weighted by atomic mass is 9.98. The standard InChI is InChI=1S/C22H18N6O3S/c1-13-15(6-5-8-18(13)26-32(2,30)31)21(29)17-12-24-22-16(17)10-14(11-23-22)28-20-9-4-3-7-19(20)25-27-28/h3-12,26H,1-2H3,(H,23,24). The number of aromatic nitrogens is 5. The third-order valence-electron chi connectivity index (χ3n) is 5.23. The van der Waals surface area contributed by atoms with Crippen LogP contribution in [0.4, 0.5) is 5.69 Å². The molecule has 0 aliphatic heterocycles. The van der Waals surface area contributed by atoms with E-state index in [1.165, 1.54) is 0 Å². The Balaban J connectivity index is 1.61. The van der Waals surface area contributed by atoms with Gasteiger partial charge < -0.3 is 4.98 Å². The van der Waals surface area contributed by atoms with Crippen molar-refractivity contribution in [2.75, 3.05) is 11.0 Å². The highest BCUT2D eigenvalue weighted by atomic mass is 32.2. The van der Waals surface area contributed by atoms with Crippen molar-refractivity contribution in [3.05, 3.63) is 77.6 Å². The third-order valence-corrected chi connectivity index (χ3v) is 5.82. The second-order valence-corrected chi connectivity index (χ2v) is 9.21. The molecule has 0 saturated heterocycles. The molecular formula is C22H18N6O3S. The van der Waals surface area contributed by atoms with E-state index in [9.17, 15) is 13.2 Å². The number of anilines is 1. The minimum atomic E-state index is -3.47. The summed E-state index contributed by atoms with van der Waals surface area (Å²) in [6.07, 6.45) is 4.34. The topological polar surface area (TPSA) is 123 Å². The molecule has 160 valence electrons. The molecule has 0 saturated carbocycles. The van der Waals surface area contributed by atoms with Gasteiger partial charge in [-0.1, -0.05) is 29.5 Å². The van der Waals surface area contributed by atoms with Gasteiger partial charge in [0.2, 0.25) is 10.0 Å². The normalized spacial score (nSPS) is 11.8. The number of carbonyl (C=O) groups excluding carboxylic acids is 1. The van der Waals surface area contributed by atoms with Crippen LogP contribution in [0.5, 0.6) is 0 Å². The van der Waals surface area contributed by atoms with E-state index in [0.29, 0.717) is 39.1 Å². The largest absolute Gasteiger partial charge is 0.345 e. The minimum absolute atomic E-state index is 0.242. The van der Waals surface area contributed by atoms with Crippen molar-refractivity contribution in [1.29, 1.82) is 0 Å². The van der Waals surface area contributed by atoms with E-state index < -0.39 is 10.0 Å². The number of pyridine rings is 1. The van der Waals surface area contributed by atoms with Crippen LogP contribution in [0, 0.1) is 6.92 Å². The molecule has 10 heteroatoms. The number of para-hydroxylation sites is 1. The van der Waals surface area contributed by atoms with Crippen molar-refractivity contribution in [3.63, 3.8) is 0 Å². The van der Waals surface area contributed by atoms with Crippen molar-refractivity contribution in [2.24, 2.45) is 0 Å². The van der Waals surface area contributed by atoms with Crippen molar-refractivity contribution in [2.45, 2.75) is 6.92 Å². The van der Waals surface area contributed by atoms with E-state index in [4.69, 9.17) is 0 Å². The number of rotatable bonds is 5. The molecule has 0 fully saturated rings. The van der Waals surface area contributed by atoms with E-state index in [1.807, 2.05) is 30.3 Å². The Morgan fingerprint density at radius 2 is 1.91 bits per heavy atom. The van der Waals surface area contributed by atoms with Crippen LogP contribution in [0.2, 0.25) is 0 Å². The summed E-state index contributed by atoms with van der Waals surface area (Å²) < 4.78 is 27.4. The number of aromatic amines is 1. The molecule has 32 heavy (non-hydrogen) atoms. The number of ketones is 1. The van der Waals surface area contributed by atoms with Crippen LogP contribution < -0.4 is 4.72 Å². The second kappa shape index (κ2) is 7.27. The van der Waals surface area contributed by atoms with E-state index in [0.717, 1.165) is 17.3 Å². The van der Waals surface area contributed by atoms with E-state index in [-0.39, 0.29) is 5.78 Å². The van der Waals surface area contributed by atoms with Crippen molar-refractivity contribution in [1.82, 2.24) is 25.0 Å². The first kappa shape index (κ1) is 19.9. The summed E-state index contributed by atoms with van der Waals surface area (Å²) in [6.45, 7) is 1.71. The molecule has 0 aliphatic carbocycles. The Labute approximate surface area is 183 Å². The maximum absolute atomic E-state index is 13.4. The van der Waals surface area contributed by atoms with Crippen LogP contribution in [0.1, 0.15) is 21.5 Å². The average molecular weight is 446 g/mol. The lowest BCUT2D eigenvalue weighted by molar-refractivity contribution is 0.103. The van der Waals surface area contributed by atoms with E-state index >= 15 is 0 Å². The molecule has 0 spiro atoms. The average Bonchev–Trinajstić information content (AvgIpc) is 3.37. The molecule has 5 rings (SSSR count). The summed E-state index contributed by atoms with van der Waals surface area (Å²) >= 11 is 0. The summed E-state index contributed by atoms with van der Waals surface area (Å²) in [5.41, 5.74) is 4.55. The number of benzene rings is 2. The van der Waals surface area contributed by atoms with Crippen LogP contribution in [-0.2, 0) is 10.0 Å². The zero-order valence-corrected chi connectivity index (χ0v) is 18.0. The van der Waals surface area contributed by atoms with Gasteiger partial charge in [0.05, 0.1) is 29.3 Å². The summed E-state index contributed by atoms with van der Waals surface area (Å²) in [7, 11) is -3.47. The Morgan fingerprint density at radius 3 is 2.72 bits per heavy atom. The number of H-pyrrole nitrogens is 1. The number of hydrogen-bond donors (Lipinski definition) is 2. The van der Waals surface area contributed by atoms with Gasteiger partial charge in [-0.3, -0.25) is 9.52 Å². The van der Waals surface area contributed by atoms with E-state index in [2.05, 4.69) is 25.0 Å². The molecule has 2 aromatic carbocycles. The van der Waals surface area contributed by atoms with Crippen LogP contribution >= 0.6 is 0 Å². The predicted molar refractivity (Wildman–Crippen MR) is 122 cm³/mol. The van der Waals surface area contributed by atoms with Gasteiger partial charge in [-0.15, -0.1) is 5.10 Å². The van der Waals surface area contributed by atoms with Gasteiger partial charge in [-0.05, 0) is 36.8 Å². The van der Waals surface area contributed by atoms with Crippen LogP contribution in [0.15, 0.2) is 60.9 Å².